The molecule has 0 atom stereocenters. The Bertz CT molecular complexity index is 941. The molecule has 7 heteroatoms. The summed E-state index contributed by atoms with van der Waals surface area (Å²) in [4.78, 5) is 0. The first kappa shape index (κ1) is 28.4. The molecule has 0 radical (unpaired) electrons. The quantitative estimate of drug-likeness (QED) is 0.180. The summed E-state index contributed by atoms with van der Waals surface area (Å²) < 4.78 is 55.4. The van der Waals surface area contributed by atoms with Crippen LogP contribution in [0.5, 0.6) is 0 Å². The first-order valence-corrected chi connectivity index (χ1v) is 8.39. The van der Waals surface area contributed by atoms with Gasteiger partial charge in [0.15, 0.2) is 0 Å². The Morgan fingerprint density at radius 1 is 0.613 bits per heavy atom. The number of rotatable bonds is 2. The Hall–Kier alpha value is -2.57. The molecule has 2 heterocycles. The molecule has 0 saturated carbocycles. The van der Waals surface area contributed by atoms with Crippen LogP contribution in [-0.4, -0.2) is 9.13 Å². The molecule has 0 amide bonds. The summed E-state index contributed by atoms with van der Waals surface area (Å²) in [5.41, 5.74) is 1.79. The van der Waals surface area contributed by atoms with Gasteiger partial charge < -0.3 is 24.0 Å². The molecule has 2 aromatic heterocycles. The van der Waals surface area contributed by atoms with Crippen molar-refractivity contribution < 1.29 is 39.3 Å². The Balaban J connectivity index is 0.000000529. The summed E-state index contributed by atoms with van der Waals surface area (Å²) in [5.74, 6) is -2.68. The fourth-order valence-corrected chi connectivity index (χ4v) is 2.86. The zero-order valence-corrected chi connectivity index (χ0v) is 19.2. The van der Waals surface area contributed by atoms with Crippen LogP contribution in [0.25, 0.3) is 11.4 Å². The van der Waals surface area contributed by atoms with Gasteiger partial charge in [0.2, 0.25) is 0 Å². The summed E-state index contributed by atoms with van der Waals surface area (Å²) in [6, 6.07) is 13.7. The number of aromatic nitrogens is 2. The normalized spacial score (nSPS) is 9.48. The predicted octanol–water partition coefficient (Wildman–Crippen LogP) is 6.63. The smallest absolute Gasteiger partial charge is 0.374 e. The van der Waals surface area contributed by atoms with Crippen LogP contribution in [0.2, 0.25) is 0 Å². The van der Waals surface area contributed by atoms with Gasteiger partial charge in [-0.25, -0.2) is 17.6 Å². The van der Waals surface area contributed by atoms with Crippen LogP contribution >= 0.6 is 0 Å². The SMILES string of the molecule is Cc1cc(F)[c-]c(F)c1-n1cccc1.Cc1cc(F)[c-]c(F)c1-n1cccc1.[CH3-].[CH3-].[Ti+4]. The van der Waals surface area contributed by atoms with E-state index in [0.29, 0.717) is 22.5 Å². The van der Waals surface area contributed by atoms with Crippen LogP contribution in [-0.2, 0) is 21.7 Å². The summed E-state index contributed by atoms with van der Waals surface area (Å²) >= 11 is 0. The van der Waals surface area contributed by atoms with Crippen LogP contribution in [0, 0.1) is 64.1 Å². The number of nitrogens with zero attached hydrogens (tertiary/aromatic N) is 2. The van der Waals surface area contributed by atoms with Crippen LogP contribution in [0.1, 0.15) is 11.1 Å². The summed E-state index contributed by atoms with van der Waals surface area (Å²) in [7, 11) is 0. The Morgan fingerprint density at radius 3 is 1.16 bits per heavy atom. The molecule has 31 heavy (non-hydrogen) atoms. The molecule has 0 spiro atoms. The summed E-state index contributed by atoms with van der Waals surface area (Å²) in [5, 5.41) is 0. The molecule has 0 N–H and O–H groups in total. The average molecular weight is 462 g/mol. The van der Waals surface area contributed by atoms with Gasteiger partial charge in [0.25, 0.3) is 0 Å². The summed E-state index contributed by atoms with van der Waals surface area (Å²) in [6.07, 6.45) is 6.82. The van der Waals surface area contributed by atoms with Crippen molar-refractivity contribution in [3.8, 4) is 11.4 Å². The van der Waals surface area contributed by atoms with Crippen molar-refractivity contribution in [1.29, 1.82) is 0 Å². The standard InChI is InChI=1S/2C11H8F2N.2CH3.Ti/c2*1-8-6-9(12)7-10(13)11(8)14-4-2-3-5-14;;;/h2*2-6H,1H3;2*1H3;/q4*-1;+4. The number of halogens is 4. The van der Waals surface area contributed by atoms with Gasteiger partial charge in [0.1, 0.15) is 0 Å². The molecule has 0 aliphatic rings. The molecule has 0 fully saturated rings. The molecule has 0 saturated heterocycles. The first-order valence-electron chi connectivity index (χ1n) is 8.39. The van der Waals surface area contributed by atoms with E-state index >= 15 is 0 Å². The number of hydrogen-bond donors (Lipinski definition) is 0. The number of aryl methyl sites for hydroxylation is 2. The monoisotopic (exact) mass is 462 g/mol. The van der Waals surface area contributed by atoms with Crippen molar-refractivity contribution in [2.24, 2.45) is 0 Å². The van der Waals surface area contributed by atoms with E-state index in [2.05, 4.69) is 0 Å². The molecular weight excluding hydrogens is 440 g/mol. The minimum absolute atomic E-state index is 0. The second-order valence-electron chi connectivity index (χ2n) is 6.11. The van der Waals surface area contributed by atoms with Crippen molar-refractivity contribution in [1.82, 2.24) is 9.13 Å². The van der Waals surface area contributed by atoms with E-state index < -0.39 is 23.3 Å². The van der Waals surface area contributed by atoms with Gasteiger partial charge in [-0.1, -0.05) is 13.8 Å². The Labute approximate surface area is 196 Å². The molecule has 0 aliphatic heterocycles. The van der Waals surface area contributed by atoms with E-state index in [0.717, 1.165) is 0 Å². The van der Waals surface area contributed by atoms with E-state index in [9.17, 15) is 17.6 Å². The fraction of sp³-hybridized carbons (Fsp3) is 0.0833. The zero-order valence-electron chi connectivity index (χ0n) is 17.7. The maximum absolute atomic E-state index is 13.4. The third-order valence-corrected chi connectivity index (χ3v) is 4.03. The van der Waals surface area contributed by atoms with E-state index in [-0.39, 0.29) is 36.6 Å². The van der Waals surface area contributed by atoms with Crippen LogP contribution < -0.4 is 0 Å². The maximum atomic E-state index is 13.4. The molecule has 0 aliphatic carbocycles. The van der Waals surface area contributed by atoms with E-state index in [1.54, 1.807) is 72.0 Å². The second kappa shape index (κ2) is 12.3. The molecular formula is C24H22F4N2Ti. The van der Waals surface area contributed by atoms with E-state index in [1.165, 1.54) is 12.1 Å². The van der Waals surface area contributed by atoms with Gasteiger partial charge in [-0.2, -0.15) is 0 Å². The third kappa shape index (κ3) is 6.71. The largest absolute Gasteiger partial charge is 4.00 e. The fourth-order valence-electron chi connectivity index (χ4n) is 2.86. The molecule has 0 unspecified atom stereocenters. The van der Waals surface area contributed by atoms with E-state index in [4.69, 9.17) is 0 Å². The van der Waals surface area contributed by atoms with Crippen molar-refractivity contribution in [3.05, 3.63) is 123 Å². The van der Waals surface area contributed by atoms with Crippen molar-refractivity contribution in [3.63, 3.8) is 0 Å². The van der Waals surface area contributed by atoms with Gasteiger partial charge in [-0.15, -0.1) is 35.4 Å². The van der Waals surface area contributed by atoms with Crippen LogP contribution in [0.3, 0.4) is 0 Å². The van der Waals surface area contributed by atoms with E-state index in [1.807, 2.05) is 12.1 Å². The topological polar surface area (TPSA) is 9.86 Å². The van der Waals surface area contributed by atoms with Gasteiger partial charge in [0.05, 0.1) is 0 Å². The molecule has 0 bridgehead atoms. The molecule has 4 rings (SSSR count). The molecule has 4 aromatic rings. The van der Waals surface area contributed by atoms with Gasteiger partial charge in [-0.05, 0) is 60.4 Å². The molecule has 160 valence electrons. The predicted molar refractivity (Wildman–Crippen MR) is 111 cm³/mol. The van der Waals surface area contributed by atoms with Crippen LogP contribution in [0.15, 0.2) is 61.2 Å². The van der Waals surface area contributed by atoms with Gasteiger partial charge >= 0.3 is 21.7 Å². The first-order chi connectivity index (χ1) is 13.4. The average Bonchev–Trinajstić information content (AvgIpc) is 3.27. The Morgan fingerprint density at radius 2 is 0.903 bits per heavy atom. The van der Waals surface area contributed by atoms with Gasteiger partial charge in [-0.3, -0.25) is 0 Å². The van der Waals surface area contributed by atoms with Crippen LogP contribution in [0.4, 0.5) is 17.6 Å². The third-order valence-electron chi connectivity index (χ3n) is 4.03. The minimum Gasteiger partial charge on any atom is -0.374 e. The number of hydrogen-bond acceptors (Lipinski definition) is 0. The van der Waals surface area contributed by atoms with Crippen molar-refractivity contribution in [2.75, 3.05) is 0 Å². The minimum atomic E-state index is -0.670. The zero-order chi connectivity index (χ0) is 20.3. The maximum Gasteiger partial charge on any atom is 4.00 e. The van der Waals surface area contributed by atoms with Crippen molar-refractivity contribution in [2.45, 2.75) is 13.8 Å². The Kier molecular flexibility index (Phi) is 11.3. The number of benzene rings is 2. The molecule has 2 nitrogen and oxygen atoms in total. The second-order valence-corrected chi connectivity index (χ2v) is 6.11. The molecule has 2 aromatic carbocycles. The van der Waals surface area contributed by atoms with Gasteiger partial charge in [0, 0.05) is 23.3 Å². The van der Waals surface area contributed by atoms with Crippen molar-refractivity contribution >= 4 is 0 Å². The summed E-state index contributed by atoms with van der Waals surface area (Å²) in [6.45, 7) is 3.32.